The number of benzene rings is 1. The molecule has 0 spiro atoms. The molecule has 0 saturated carbocycles. The second-order valence-electron chi connectivity index (χ2n) is 5.07. The third-order valence-electron chi connectivity index (χ3n) is 3.19. The van der Waals surface area contributed by atoms with Crippen molar-refractivity contribution in [3.63, 3.8) is 0 Å². The van der Waals surface area contributed by atoms with Crippen molar-refractivity contribution in [2.75, 3.05) is 12.4 Å². The third kappa shape index (κ3) is 4.61. The molecule has 0 heterocycles. The zero-order valence-corrected chi connectivity index (χ0v) is 12.5. The number of amides is 1. The van der Waals surface area contributed by atoms with Gasteiger partial charge in [-0.3, -0.25) is 4.79 Å². The molecule has 21 heavy (non-hydrogen) atoms. The Morgan fingerprint density at radius 2 is 2.10 bits per heavy atom. The van der Waals surface area contributed by atoms with Gasteiger partial charge in [0.1, 0.15) is 17.3 Å². The van der Waals surface area contributed by atoms with Crippen LogP contribution in [0, 0.1) is 12.7 Å². The SMILES string of the molecule is Cc1c(F)cccc1CN(CC(C)(O)C(F)F)C(=O)CCl. The summed E-state index contributed by atoms with van der Waals surface area (Å²) in [5.41, 5.74) is -1.57. The lowest BCUT2D eigenvalue weighted by atomic mass is 10.0. The molecule has 118 valence electrons. The van der Waals surface area contributed by atoms with Crippen molar-refractivity contribution >= 4 is 17.5 Å². The zero-order chi connectivity index (χ0) is 16.2. The molecule has 0 aromatic heterocycles. The van der Waals surface area contributed by atoms with Crippen LogP contribution in [0.3, 0.4) is 0 Å². The largest absolute Gasteiger partial charge is 0.382 e. The lowest BCUT2D eigenvalue weighted by Gasteiger charge is -2.31. The van der Waals surface area contributed by atoms with Crippen molar-refractivity contribution in [3.05, 3.63) is 35.1 Å². The second-order valence-corrected chi connectivity index (χ2v) is 5.33. The molecule has 0 bridgehead atoms. The zero-order valence-electron chi connectivity index (χ0n) is 11.7. The highest BCUT2D eigenvalue weighted by molar-refractivity contribution is 6.27. The summed E-state index contributed by atoms with van der Waals surface area (Å²) in [6.45, 7) is 1.77. The molecule has 0 saturated heterocycles. The normalized spacial score (nSPS) is 14.1. The van der Waals surface area contributed by atoms with Gasteiger partial charge in [-0.2, -0.15) is 0 Å². The highest BCUT2D eigenvalue weighted by Gasteiger charge is 2.35. The fraction of sp³-hybridized carbons (Fsp3) is 0.500. The maximum atomic E-state index is 13.5. The maximum Gasteiger partial charge on any atom is 0.268 e. The standard InChI is InChI=1S/C14H17ClF3NO2/c1-9-10(4-3-5-11(9)16)7-19(12(20)6-15)8-14(2,21)13(17)18/h3-5,13,21H,6-8H2,1-2H3. The highest BCUT2D eigenvalue weighted by atomic mass is 35.5. The minimum atomic E-state index is -3.02. The van der Waals surface area contributed by atoms with Crippen LogP contribution in [0.4, 0.5) is 13.2 Å². The summed E-state index contributed by atoms with van der Waals surface area (Å²) >= 11 is 5.46. The van der Waals surface area contributed by atoms with Gasteiger partial charge in [0.25, 0.3) is 6.43 Å². The van der Waals surface area contributed by atoms with Crippen LogP contribution < -0.4 is 0 Å². The first kappa shape index (κ1) is 17.8. The monoisotopic (exact) mass is 323 g/mol. The van der Waals surface area contributed by atoms with E-state index in [0.29, 0.717) is 11.1 Å². The molecule has 1 rings (SSSR count). The van der Waals surface area contributed by atoms with Crippen molar-refractivity contribution in [1.29, 1.82) is 0 Å². The Balaban J connectivity index is 2.99. The molecular weight excluding hydrogens is 307 g/mol. The van der Waals surface area contributed by atoms with Crippen LogP contribution in [0.15, 0.2) is 18.2 Å². The van der Waals surface area contributed by atoms with Crippen molar-refractivity contribution < 1.29 is 23.1 Å². The number of aliphatic hydroxyl groups is 1. The van der Waals surface area contributed by atoms with Gasteiger partial charge in [-0.15, -0.1) is 11.6 Å². The molecule has 7 heteroatoms. The van der Waals surface area contributed by atoms with Gasteiger partial charge in [-0.25, -0.2) is 13.2 Å². The summed E-state index contributed by atoms with van der Waals surface area (Å²) in [7, 11) is 0. The summed E-state index contributed by atoms with van der Waals surface area (Å²) in [6, 6.07) is 4.32. The molecule has 0 aliphatic heterocycles. The van der Waals surface area contributed by atoms with Crippen LogP contribution in [-0.2, 0) is 11.3 Å². The Bertz CT molecular complexity index is 509. The van der Waals surface area contributed by atoms with Crippen molar-refractivity contribution in [1.82, 2.24) is 4.90 Å². The Hall–Kier alpha value is -1.27. The Morgan fingerprint density at radius 3 is 2.62 bits per heavy atom. The summed E-state index contributed by atoms with van der Waals surface area (Å²) in [6.07, 6.45) is -3.02. The second kappa shape index (κ2) is 7.13. The molecule has 0 aliphatic rings. The Kier molecular flexibility index (Phi) is 6.04. The van der Waals surface area contributed by atoms with Gasteiger partial charge in [0.15, 0.2) is 0 Å². The average molecular weight is 324 g/mol. The van der Waals surface area contributed by atoms with Gasteiger partial charge in [-0.1, -0.05) is 12.1 Å². The maximum absolute atomic E-state index is 13.5. The van der Waals surface area contributed by atoms with Gasteiger partial charge in [-0.05, 0) is 31.0 Å². The van der Waals surface area contributed by atoms with Gasteiger partial charge in [0.2, 0.25) is 5.91 Å². The van der Waals surface area contributed by atoms with Crippen molar-refractivity contribution in [2.24, 2.45) is 0 Å². The van der Waals surface area contributed by atoms with E-state index in [0.717, 1.165) is 11.8 Å². The summed E-state index contributed by atoms with van der Waals surface area (Å²) in [5, 5.41) is 9.65. The Labute approximate surface area is 126 Å². The molecule has 1 N–H and O–H groups in total. The average Bonchev–Trinajstić information content (AvgIpc) is 2.41. The number of carbonyl (C=O) groups excluding carboxylic acids is 1. The number of hydrogen-bond acceptors (Lipinski definition) is 2. The first-order chi connectivity index (χ1) is 9.69. The van der Waals surface area contributed by atoms with Crippen LogP contribution in [0.1, 0.15) is 18.1 Å². The van der Waals surface area contributed by atoms with Crippen molar-refractivity contribution in [3.8, 4) is 0 Å². The van der Waals surface area contributed by atoms with Crippen LogP contribution in [-0.4, -0.2) is 40.4 Å². The van der Waals surface area contributed by atoms with Crippen LogP contribution in [0.25, 0.3) is 0 Å². The van der Waals surface area contributed by atoms with Gasteiger partial charge >= 0.3 is 0 Å². The molecule has 0 radical (unpaired) electrons. The summed E-state index contributed by atoms with van der Waals surface area (Å²) < 4.78 is 39.0. The summed E-state index contributed by atoms with van der Waals surface area (Å²) in [5.74, 6) is -1.47. The fourth-order valence-electron chi connectivity index (χ4n) is 1.80. The lowest BCUT2D eigenvalue weighted by molar-refractivity contribution is -0.140. The number of hydrogen-bond donors (Lipinski definition) is 1. The number of halogens is 4. The quantitative estimate of drug-likeness (QED) is 0.818. The van der Waals surface area contributed by atoms with E-state index in [9.17, 15) is 23.1 Å². The van der Waals surface area contributed by atoms with Crippen LogP contribution >= 0.6 is 11.6 Å². The topological polar surface area (TPSA) is 40.5 Å². The van der Waals surface area contributed by atoms with Crippen LogP contribution in [0.2, 0.25) is 0 Å². The minimum absolute atomic E-state index is 0.0992. The number of rotatable bonds is 6. The molecule has 1 atom stereocenters. The molecular formula is C14H17ClF3NO2. The Morgan fingerprint density at radius 1 is 1.48 bits per heavy atom. The molecule has 1 amide bonds. The van der Waals surface area contributed by atoms with Gasteiger partial charge in [0, 0.05) is 6.54 Å². The smallest absolute Gasteiger partial charge is 0.268 e. The van der Waals surface area contributed by atoms with E-state index >= 15 is 0 Å². The highest BCUT2D eigenvalue weighted by Crippen LogP contribution is 2.20. The molecule has 1 aromatic rings. The third-order valence-corrected chi connectivity index (χ3v) is 3.42. The predicted octanol–water partition coefficient (Wildman–Crippen LogP) is 2.72. The van der Waals surface area contributed by atoms with E-state index in [2.05, 4.69) is 0 Å². The van der Waals surface area contributed by atoms with E-state index < -0.39 is 36.2 Å². The minimum Gasteiger partial charge on any atom is -0.382 e. The van der Waals surface area contributed by atoms with E-state index in [1.54, 1.807) is 6.07 Å². The fourth-order valence-corrected chi connectivity index (χ4v) is 1.97. The lowest BCUT2D eigenvalue weighted by Crippen LogP contribution is -2.48. The van der Waals surface area contributed by atoms with E-state index in [1.807, 2.05) is 0 Å². The van der Waals surface area contributed by atoms with E-state index in [4.69, 9.17) is 11.6 Å². The number of nitrogens with zero attached hydrogens (tertiary/aromatic N) is 1. The molecule has 0 fully saturated rings. The molecule has 1 aromatic carbocycles. The number of alkyl halides is 3. The molecule has 0 aliphatic carbocycles. The predicted molar refractivity (Wildman–Crippen MR) is 73.9 cm³/mol. The van der Waals surface area contributed by atoms with Gasteiger partial charge in [0.05, 0.1) is 6.54 Å². The molecule has 3 nitrogen and oxygen atoms in total. The van der Waals surface area contributed by atoms with Gasteiger partial charge < -0.3 is 10.0 Å². The first-order valence-electron chi connectivity index (χ1n) is 6.27. The van der Waals surface area contributed by atoms with Crippen LogP contribution in [0.5, 0.6) is 0 Å². The van der Waals surface area contributed by atoms with E-state index in [-0.39, 0.29) is 6.54 Å². The number of carbonyl (C=O) groups is 1. The summed E-state index contributed by atoms with van der Waals surface area (Å²) in [4.78, 5) is 12.8. The van der Waals surface area contributed by atoms with E-state index in [1.165, 1.54) is 19.1 Å². The first-order valence-corrected chi connectivity index (χ1v) is 6.80. The van der Waals surface area contributed by atoms with Crippen molar-refractivity contribution in [2.45, 2.75) is 32.4 Å². The molecule has 1 unspecified atom stereocenters.